The zero-order chi connectivity index (χ0) is 18.7. The van der Waals surface area contributed by atoms with Gasteiger partial charge in [-0.15, -0.1) is 0 Å². The molecule has 6 heteroatoms. The third-order valence-corrected chi connectivity index (χ3v) is 5.67. The Morgan fingerprint density at radius 1 is 1.00 bits per heavy atom. The predicted octanol–water partition coefficient (Wildman–Crippen LogP) is 2.60. The van der Waals surface area contributed by atoms with Gasteiger partial charge in [0.1, 0.15) is 0 Å². The van der Waals surface area contributed by atoms with E-state index in [0.29, 0.717) is 42.1 Å². The molecule has 5 nitrogen and oxygen atoms in total. The van der Waals surface area contributed by atoms with Gasteiger partial charge in [0.2, 0.25) is 5.91 Å². The van der Waals surface area contributed by atoms with Crippen molar-refractivity contribution in [1.29, 1.82) is 0 Å². The Labute approximate surface area is 160 Å². The SMILES string of the molecule is CC1CC(C)CN(C(=O)CN2CCN(C(=O)c3ccccc3Cl)CC2)C1. The Morgan fingerprint density at radius 3 is 2.23 bits per heavy atom. The van der Waals surface area contributed by atoms with Crippen molar-refractivity contribution in [2.75, 3.05) is 45.8 Å². The molecular weight excluding hydrogens is 350 g/mol. The van der Waals surface area contributed by atoms with Gasteiger partial charge in [-0.1, -0.05) is 37.6 Å². The van der Waals surface area contributed by atoms with Crippen LogP contribution in [0.5, 0.6) is 0 Å². The molecule has 1 aromatic rings. The number of piperazine rings is 1. The van der Waals surface area contributed by atoms with Crippen molar-refractivity contribution in [3.8, 4) is 0 Å². The molecule has 26 heavy (non-hydrogen) atoms. The highest BCUT2D eigenvalue weighted by Gasteiger charge is 2.28. The first kappa shape index (κ1) is 19.2. The van der Waals surface area contributed by atoms with Crippen LogP contribution >= 0.6 is 11.6 Å². The molecule has 2 heterocycles. The molecule has 0 spiro atoms. The minimum Gasteiger partial charge on any atom is -0.341 e. The average Bonchev–Trinajstić information content (AvgIpc) is 2.61. The number of halogens is 1. The van der Waals surface area contributed by atoms with Gasteiger partial charge >= 0.3 is 0 Å². The molecule has 0 radical (unpaired) electrons. The van der Waals surface area contributed by atoms with E-state index in [-0.39, 0.29) is 11.8 Å². The maximum Gasteiger partial charge on any atom is 0.255 e. The summed E-state index contributed by atoms with van der Waals surface area (Å²) in [5.41, 5.74) is 0.551. The van der Waals surface area contributed by atoms with E-state index in [9.17, 15) is 9.59 Å². The number of amides is 2. The molecule has 2 atom stereocenters. The van der Waals surface area contributed by atoms with Gasteiger partial charge in [0, 0.05) is 39.3 Å². The number of piperidine rings is 1. The highest BCUT2D eigenvalue weighted by molar-refractivity contribution is 6.33. The lowest BCUT2D eigenvalue weighted by Gasteiger charge is -2.38. The van der Waals surface area contributed by atoms with E-state index in [1.54, 1.807) is 12.1 Å². The fraction of sp³-hybridized carbons (Fsp3) is 0.600. The topological polar surface area (TPSA) is 43.9 Å². The van der Waals surface area contributed by atoms with Gasteiger partial charge in [0.05, 0.1) is 17.1 Å². The van der Waals surface area contributed by atoms with Crippen molar-refractivity contribution in [2.45, 2.75) is 20.3 Å². The molecule has 2 aliphatic rings. The van der Waals surface area contributed by atoms with Crippen molar-refractivity contribution in [3.05, 3.63) is 34.9 Å². The Morgan fingerprint density at radius 2 is 1.62 bits per heavy atom. The standard InChI is InChI=1S/C20H28ClN3O2/c1-15-11-16(2)13-24(12-15)19(25)14-22-7-9-23(10-8-22)20(26)17-5-3-4-6-18(17)21/h3-6,15-16H,7-14H2,1-2H3. The van der Waals surface area contributed by atoms with Gasteiger partial charge in [-0.3, -0.25) is 14.5 Å². The summed E-state index contributed by atoms with van der Waals surface area (Å²) in [4.78, 5) is 31.2. The van der Waals surface area contributed by atoms with Crippen LogP contribution in [0.1, 0.15) is 30.6 Å². The molecule has 2 amide bonds. The third kappa shape index (κ3) is 4.57. The van der Waals surface area contributed by atoms with Crippen LogP contribution in [0, 0.1) is 11.8 Å². The van der Waals surface area contributed by atoms with Gasteiger partial charge in [-0.25, -0.2) is 0 Å². The summed E-state index contributed by atoms with van der Waals surface area (Å²) < 4.78 is 0. The normalized spacial score (nSPS) is 24.6. The van der Waals surface area contributed by atoms with Crippen LogP contribution < -0.4 is 0 Å². The molecule has 0 aliphatic carbocycles. The van der Waals surface area contributed by atoms with Crippen molar-refractivity contribution < 1.29 is 9.59 Å². The average molecular weight is 378 g/mol. The minimum absolute atomic E-state index is 0.0275. The first-order valence-corrected chi connectivity index (χ1v) is 9.85. The summed E-state index contributed by atoms with van der Waals surface area (Å²) >= 11 is 6.14. The van der Waals surface area contributed by atoms with Crippen LogP contribution in [0.4, 0.5) is 0 Å². The van der Waals surface area contributed by atoms with E-state index in [1.165, 1.54) is 6.42 Å². The molecular formula is C20H28ClN3O2. The summed E-state index contributed by atoms with van der Waals surface area (Å²) in [5.74, 6) is 1.34. The zero-order valence-electron chi connectivity index (χ0n) is 15.7. The zero-order valence-corrected chi connectivity index (χ0v) is 16.4. The van der Waals surface area contributed by atoms with E-state index in [0.717, 1.165) is 26.2 Å². The van der Waals surface area contributed by atoms with Crippen molar-refractivity contribution in [2.24, 2.45) is 11.8 Å². The van der Waals surface area contributed by atoms with E-state index in [1.807, 2.05) is 21.9 Å². The van der Waals surface area contributed by atoms with E-state index in [2.05, 4.69) is 18.7 Å². The first-order valence-electron chi connectivity index (χ1n) is 9.48. The van der Waals surface area contributed by atoms with Crippen LogP contribution in [0.2, 0.25) is 5.02 Å². The van der Waals surface area contributed by atoms with E-state index >= 15 is 0 Å². The summed E-state index contributed by atoms with van der Waals surface area (Å²) in [5, 5.41) is 0.489. The lowest BCUT2D eigenvalue weighted by Crippen LogP contribution is -2.53. The predicted molar refractivity (Wildman–Crippen MR) is 103 cm³/mol. The molecule has 2 aliphatic heterocycles. The highest BCUT2D eigenvalue weighted by Crippen LogP contribution is 2.21. The Hall–Kier alpha value is -1.59. The number of rotatable bonds is 3. The second-order valence-corrected chi connectivity index (χ2v) is 8.20. The van der Waals surface area contributed by atoms with Crippen LogP contribution in [0.25, 0.3) is 0 Å². The Kier molecular flexibility index (Phi) is 6.20. The molecule has 0 saturated carbocycles. The number of hydrogen-bond donors (Lipinski definition) is 0. The maximum atomic E-state index is 12.6. The minimum atomic E-state index is -0.0275. The van der Waals surface area contributed by atoms with Gasteiger partial charge in [-0.2, -0.15) is 0 Å². The molecule has 0 aromatic heterocycles. The number of carbonyl (C=O) groups is 2. The maximum absolute atomic E-state index is 12.6. The number of carbonyl (C=O) groups excluding carboxylic acids is 2. The van der Waals surface area contributed by atoms with Gasteiger partial charge in [-0.05, 0) is 30.4 Å². The second-order valence-electron chi connectivity index (χ2n) is 7.79. The quantitative estimate of drug-likeness (QED) is 0.813. The number of likely N-dealkylation sites (tertiary alicyclic amines) is 1. The van der Waals surface area contributed by atoms with Crippen LogP contribution in [-0.2, 0) is 4.79 Å². The smallest absolute Gasteiger partial charge is 0.255 e. The molecule has 2 fully saturated rings. The largest absolute Gasteiger partial charge is 0.341 e. The van der Waals surface area contributed by atoms with Gasteiger partial charge in [0.25, 0.3) is 5.91 Å². The molecule has 0 bridgehead atoms. The highest BCUT2D eigenvalue weighted by atomic mass is 35.5. The summed E-state index contributed by atoms with van der Waals surface area (Å²) in [7, 11) is 0. The fourth-order valence-electron chi connectivity index (χ4n) is 4.07. The molecule has 0 N–H and O–H groups in total. The lowest BCUT2D eigenvalue weighted by molar-refractivity contribution is -0.135. The number of benzene rings is 1. The van der Waals surface area contributed by atoms with Gasteiger partial charge in [0.15, 0.2) is 0 Å². The third-order valence-electron chi connectivity index (χ3n) is 5.34. The summed E-state index contributed by atoms with van der Waals surface area (Å²) in [6.07, 6.45) is 1.20. The Bertz CT molecular complexity index is 648. The Balaban J connectivity index is 1.50. The van der Waals surface area contributed by atoms with Crippen molar-refractivity contribution in [3.63, 3.8) is 0 Å². The van der Waals surface area contributed by atoms with Gasteiger partial charge < -0.3 is 9.80 Å². The lowest BCUT2D eigenvalue weighted by atomic mass is 9.92. The van der Waals surface area contributed by atoms with Crippen LogP contribution in [0.15, 0.2) is 24.3 Å². The molecule has 3 rings (SSSR count). The van der Waals surface area contributed by atoms with E-state index < -0.39 is 0 Å². The van der Waals surface area contributed by atoms with Crippen LogP contribution in [0.3, 0.4) is 0 Å². The number of nitrogens with zero attached hydrogens (tertiary/aromatic N) is 3. The monoisotopic (exact) mass is 377 g/mol. The first-order chi connectivity index (χ1) is 12.4. The second kappa shape index (κ2) is 8.40. The fourth-order valence-corrected chi connectivity index (χ4v) is 4.29. The molecule has 1 aromatic carbocycles. The van der Waals surface area contributed by atoms with E-state index in [4.69, 9.17) is 11.6 Å². The van der Waals surface area contributed by atoms with Crippen molar-refractivity contribution in [1.82, 2.24) is 14.7 Å². The van der Waals surface area contributed by atoms with Crippen molar-refractivity contribution >= 4 is 23.4 Å². The molecule has 2 saturated heterocycles. The molecule has 142 valence electrons. The molecule has 2 unspecified atom stereocenters. The van der Waals surface area contributed by atoms with Crippen LogP contribution in [-0.4, -0.2) is 72.3 Å². The summed E-state index contributed by atoms with van der Waals surface area (Å²) in [6, 6.07) is 7.16. The number of hydrogen-bond acceptors (Lipinski definition) is 3. The summed E-state index contributed by atoms with van der Waals surface area (Å²) in [6.45, 7) is 9.33.